The van der Waals surface area contributed by atoms with E-state index in [1.54, 1.807) is 73.8 Å². The summed E-state index contributed by atoms with van der Waals surface area (Å²) < 4.78 is 82.5. The van der Waals surface area contributed by atoms with Gasteiger partial charge in [-0.3, -0.25) is 23.5 Å². The summed E-state index contributed by atoms with van der Waals surface area (Å²) in [4.78, 5) is 60.0. The Hall–Kier alpha value is -7.37. The van der Waals surface area contributed by atoms with Crippen molar-refractivity contribution in [3.63, 3.8) is 0 Å². The number of hydrogen-bond acceptors (Lipinski definition) is 13. The molecule has 9 aromatic carbocycles. The van der Waals surface area contributed by atoms with Crippen LogP contribution < -0.4 is 29.6 Å². The SMILES string of the molecule is C.CC.CC.CC.CC.CC.CC.CC.CC.CC.CC(=O)CCCBr.CC(=O)CCCc1cccc(F)c1.C[Si](C)(C)C#N.Fc1cccc(Br)c1.N#CC1=CCCc2cc(Sc3ccccc3)ccc21.O=C(O)CCCc1cccc(F)c1.O=C1CCCc2cc(F)ccc21.O=C1CCCc2cc(Sc3ccccc3)ccc21.O=S(=O)(O)O.Sc1ccccc1.[Na+].[OH-]. The molecule has 12 rings (SSSR count). The molecule has 0 saturated heterocycles. The van der Waals surface area contributed by atoms with Crippen LogP contribution in [0.3, 0.4) is 0 Å². The van der Waals surface area contributed by atoms with E-state index in [-0.39, 0.29) is 89.5 Å². The van der Waals surface area contributed by atoms with Gasteiger partial charge in [-0.2, -0.15) is 13.7 Å². The average molecular weight is 2020 g/mol. The zero-order valence-electron chi connectivity index (χ0n) is 80.4. The number of nitrogens with zero attached hydrogens (tertiary/aromatic N) is 2. The van der Waals surface area contributed by atoms with Gasteiger partial charge < -0.3 is 20.2 Å². The molecular weight excluding hydrogens is 1870 g/mol. The minimum absolute atomic E-state index is 0. The zero-order valence-corrected chi connectivity index (χ0v) is 89.9. The molecule has 712 valence electrons. The van der Waals surface area contributed by atoms with Crippen LogP contribution in [0.15, 0.2) is 253 Å². The van der Waals surface area contributed by atoms with Gasteiger partial charge in [-0.15, -0.1) is 12.6 Å². The van der Waals surface area contributed by atoms with Crippen molar-refractivity contribution in [1.29, 1.82) is 10.5 Å². The van der Waals surface area contributed by atoms with E-state index in [2.05, 4.69) is 123 Å². The summed E-state index contributed by atoms with van der Waals surface area (Å²) in [6.07, 6.45) is 14.2. The number of aliphatic carboxylic acids is 1. The second-order valence-corrected chi connectivity index (χ2v) is 35.4. The Morgan fingerprint density at radius 2 is 0.791 bits per heavy atom. The number of fused-ring (bicyclic) bond motifs is 3. The minimum Gasteiger partial charge on any atom is -0.870 e. The topological polar surface area (TPSA) is 258 Å². The van der Waals surface area contributed by atoms with Crippen LogP contribution in [-0.2, 0) is 56.9 Å². The van der Waals surface area contributed by atoms with Crippen LogP contribution >= 0.6 is 68.0 Å². The van der Waals surface area contributed by atoms with Crippen LogP contribution in [0, 0.1) is 45.6 Å². The second kappa shape index (κ2) is 95.2. The van der Waals surface area contributed by atoms with Gasteiger partial charge in [0.25, 0.3) is 0 Å². The molecule has 0 unspecified atom stereocenters. The smallest absolute Gasteiger partial charge is 0.870 e. The molecule has 0 saturated carbocycles. The number of hydrogen-bond donors (Lipinski definition) is 4. The molecule has 25 heteroatoms. The zero-order chi connectivity index (χ0) is 97.9. The van der Waals surface area contributed by atoms with E-state index in [1.807, 2.05) is 217 Å². The Labute approximate surface area is 830 Å². The van der Waals surface area contributed by atoms with Gasteiger partial charge in [0.05, 0.1) is 11.6 Å². The van der Waals surface area contributed by atoms with E-state index in [4.69, 9.17) is 33.2 Å². The number of carboxylic acids is 1. The van der Waals surface area contributed by atoms with Crippen LogP contribution in [0.25, 0.3) is 5.57 Å². The van der Waals surface area contributed by atoms with E-state index < -0.39 is 24.4 Å². The van der Waals surface area contributed by atoms with Crippen molar-refractivity contribution in [2.75, 3.05) is 5.33 Å². The van der Waals surface area contributed by atoms with Crippen molar-refractivity contribution in [3.05, 3.63) is 297 Å². The van der Waals surface area contributed by atoms with Crippen molar-refractivity contribution in [2.45, 2.75) is 293 Å². The first kappa shape index (κ1) is 142. The molecule has 0 bridgehead atoms. The fourth-order valence-corrected chi connectivity index (χ4v) is 12.4. The quantitative estimate of drug-likeness (QED) is 0.0245. The van der Waals surface area contributed by atoms with E-state index in [1.165, 1.54) is 79.2 Å². The van der Waals surface area contributed by atoms with Crippen LogP contribution in [0.2, 0.25) is 19.6 Å². The molecule has 13 nitrogen and oxygen atoms in total. The van der Waals surface area contributed by atoms with E-state index in [9.17, 15) is 41.5 Å². The number of ketones is 4. The van der Waals surface area contributed by atoms with Gasteiger partial charge in [0.15, 0.2) is 19.6 Å². The van der Waals surface area contributed by atoms with Crippen molar-refractivity contribution < 1.29 is 99.2 Å². The van der Waals surface area contributed by atoms with E-state index in [0.717, 1.165) is 106 Å². The predicted octanol–water partition coefficient (Wildman–Crippen LogP) is 30.1. The summed E-state index contributed by atoms with van der Waals surface area (Å²) in [6.45, 7) is 45.3. The minimum atomic E-state index is -4.67. The van der Waals surface area contributed by atoms with Crippen LogP contribution in [0.1, 0.15) is 271 Å². The fourth-order valence-electron chi connectivity index (χ4n) is 9.82. The second-order valence-electron chi connectivity index (χ2n) is 25.2. The van der Waals surface area contributed by atoms with Crippen LogP contribution in [-0.4, -0.2) is 70.6 Å². The summed E-state index contributed by atoms with van der Waals surface area (Å²) in [5, 5.41) is 26.6. The molecule has 0 radical (unpaired) electrons. The summed E-state index contributed by atoms with van der Waals surface area (Å²) in [7, 11) is -5.99. The van der Waals surface area contributed by atoms with E-state index in [0.29, 0.717) is 49.9 Å². The molecule has 0 amide bonds. The van der Waals surface area contributed by atoms with Crippen LogP contribution in [0.4, 0.5) is 17.6 Å². The number of carbonyl (C=O) groups is 5. The standard InChI is InChI=1S/C17H13NS.C16H14OS.C11H13FO.C10H11FO2.C10H9FO.C6H4BrF.C6H6S.C5H9BrO.C4H9NSi.9C2H6.CH4.Na.H2O4S.H2O/c18-12-14-6-4-5-13-11-16(9-10-17(13)14)19-15-7-2-1-3-8-15;17-16-8-4-5-12-11-14(9-10-15(12)16)18-13-6-2-1-3-7-13;1-9(13)4-2-5-10-6-3-7-11(12)8-10;11-9-5-1-3-8(7-9)4-2-6-10(12)13;11-8-4-5-9-7(6-8)2-1-3-10(9)12;7-5-2-1-3-6(8)4-5;7-6-4-2-1-3-5-6;1-5(7)3-2-4-6;1-6(2,3)4-5;9*1-2;;;1-5(2,3)4;/h1-3,6-11H,4-5H2;1-3,6-7,9-11H,4-5,8H2;3,6-8H,2,4-5H2,1H3;1,3,5,7H,2,4,6H2,(H,12,13);4-6H,1-3H2;1-4H;1-5,7H;2-4H2,1H3;1-3H3;9*1-2H3;1H4;;(H2,1,2,3,4);1H2/q;;;;;;;;;;;;;;;;;;;+1;;/p-1. The third-order valence-electron chi connectivity index (χ3n) is 14.8. The summed E-state index contributed by atoms with van der Waals surface area (Å²) in [5.74, 6) is -0.827. The Balaban J connectivity index is -0.000000152. The molecular formula is C104H149Br2F4N2NaO11S4Si. The van der Waals surface area contributed by atoms with Crippen LogP contribution in [0.5, 0.6) is 0 Å². The molecule has 0 heterocycles. The Bertz CT molecular complexity index is 4460. The Morgan fingerprint density at radius 3 is 1.11 bits per heavy atom. The van der Waals surface area contributed by atoms with Crippen molar-refractivity contribution in [2.24, 2.45) is 0 Å². The van der Waals surface area contributed by atoms with Crippen molar-refractivity contribution in [3.8, 4) is 11.8 Å². The number of benzene rings is 9. The van der Waals surface area contributed by atoms with Gasteiger partial charge in [0.2, 0.25) is 0 Å². The number of rotatable bonds is 15. The molecule has 0 spiro atoms. The molecule has 3 aliphatic carbocycles. The molecule has 0 aromatic heterocycles. The first-order valence-corrected chi connectivity index (χ1v) is 52.4. The number of allylic oxidation sites excluding steroid dienone is 2. The van der Waals surface area contributed by atoms with E-state index >= 15 is 0 Å². The van der Waals surface area contributed by atoms with Gasteiger partial charge in [0, 0.05) is 83.2 Å². The third kappa shape index (κ3) is 81.2. The monoisotopic (exact) mass is 2010 g/mol. The number of carboxylic acid groups (broad SMARTS) is 1. The van der Waals surface area contributed by atoms with Gasteiger partial charge in [-0.1, -0.05) is 310 Å². The maximum absolute atomic E-state index is 12.7. The number of halogens is 6. The molecule has 0 fully saturated rings. The van der Waals surface area contributed by atoms with Gasteiger partial charge in [-0.25, -0.2) is 22.8 Å². The van der Waals surface area contributed by atoms with Crippen molar-refractivity contribution in [1.82, 2.24) is 0 Å². The maximum atomic E-state index is 12.7. The Morgan fingerprint density at radius 1 is 0.457 bits per heavy atom. The molecule has 4 N–H and O–H groups in total. The number of Topliss-reactive ketones (excluding diaryl/α,β-unsaturated/α-hetero) is 4. The molecule has 0 aliphatic heterocycles. The Kier molecular flexibility index (Phi) is 105. The number of thiol groups is 1. The third-order valence-corrected chi connectivity index (χ3v) is 18.8. The summed E-state index contributed by atoms with van der Waals surface area (Å²) >= 11 is 13.9. The first-order valence-electron chi connectivity index (χ1n) is 43.5. The maximum Gasteiger partial charge on any atom is 1.00 e. The normalized spacial score (nSPS) is 10.3. The number of nitriles is 2. The molecule has 129 heavy (non-hydrogen) atoms. The molecule has 9 aromatic rings. The van der Waals surface area contributed by atoms with Gasteiger partial charge in [-0.05, 0) is 239 Å². The average Bonchev–Trinajstić information content (AvgIpc) is 0.857. The summed E-state index contributed by atoms with van der Waals surface area (Å²) in [6, 6.07) is 68.8. The predicted molar refractivity (Wildman–Crippen MR) is 549 cm³/mol. The first-order chi connectivity index (χ1) is 60.3. The largest absolute Gasteiger partial charge is 1.00 e. The van der Waals surface area contributed by atoms with Gasteiger partial charge in [0.1, 0.15) is 34.8 Å². The molecule has 0 atom stereocenters. The van der Waals surface area contributed by atoms with Crippen molar-refractivity contribution >= 4 is 121 Å². The van der Waals surface area contributed by atoms with Gasteiger partial charge >= 0.3 is 45.9 Å². The number of aryl methyl sites for hydroxylation is 5. The molecule has 3 aliphatic rings. The summed E-state index contributed by atoms with van der Waals surface area (Å²) in [5.41, 5.74) is 11.0. The fraction of sp³-hybridized carbons (Fsp3) is 0.394. The number of carbonyl (C=O) groups excluding carboxylic acids is 4. The number of alkyl halides is 1.